The second-order valence-electron chi connectivity index (χ2n) is 13.9. The number of halogens is 2. The number of benzene rings is 6. The lowest BCUT2D eigenvalue weighted by molar-refractivity contribution is 0.481. The van der Waals surface area contributed by atoms with Gasteiger partial charge in [-0.15, -0.1) is 5.11 Å². The van der Waals surface area contributed by atoms with Gasteiger partial charge in [-0.05, 0) is 120 Å². The fraction of sp³-hybridized carbons (Fsp3) is 0. The zero-order chi connectivity index (χ0) is 50.4. The molecule has 0 unspecified atom stereocenters. The largest absolute Gasteiger partial charge is 0.505 e. The quantitative estimate of drug-likeness (QED) is 0.0275. The Morgan fingerprint density at radius 2 is 0.886 bits per heavy atom. The van der Waals surface area contributed by atoms with Crippen LogP contribution in [0.3, 0.4) is 0 Å². The summed E-state index contributed by atoms with van der Waals surface area (Å²) in [4.78, 5) is 23.1. The summed E-state index contributed by atoms with van der Waals surface area (Å²) in [6.07, 6.45) is 0. The van der Waals surface area contributed by atoms with Crippen LogP contribution in [-0.4, -0.2) is 73.9 Å². The Morgan fingerprint density at radius 3 is 1.27 bits per heavy atom. The van der Waals surface area contributed by atoms with Gasteiger partial charge < -0.3 is 32.1 Å². The van der Waals surface area contributed by atoms with Crippen LogP contribution in [0.5, 0.6) is 5.75 Å². The van der Waals surface area contributed by atoms with Crippen molar-refractivity contribution < 1.29 is 44.0 Å². The van der Waals surface area contributed by atoms with Crippen LogP contribution in [0.25, 0.3) is 10.8 Å². The van der Waals surface area contributed by atoms with E-state index in [1.165, 1.54) is 60.7 Å². The van der Waals surface area contributed by atoms with Crippen LogP contribution in [0.15, 0.2) is 151 Å². The molecule has 0 aliphatic rings. The Labute approximate surface area is 405 Å². The lowest BCUT2D eigenvalue weighted by Gasteiger charge is -2.09. The van der Waals surface area contributed by atoms with E-state index in [-0.39, 0.29) is 77.5 Å². The van der Waals surface area contributed by atoms with Crippen molar-refractivity contribution in [2.24, 2.45) is 15.3 Å². The van der Waals surface area contributed by atoms with Gasteiger partial charge in [0.15, 0.2) is 5.75 Å². The average Bonchev–Trinajstić information content (AvgIpc) is 3.29. The third-order valence-electron chi connectivity index (χ3n) is 9.05. The molecular formula is C40H31Cl2N15O10S3. The summed E-state index contributed by atoms with van der Waals surface area (Å²) in [6.45, 7) is 0. The second-order valence-corrected chi connectivity index (χ2v) is 18.8. The molecular weight excluding hydrogens is 1020 g/mol. The first-order chi connectivity index (χ1) is 33.1. The number of phenols is 1. The number of nitrogen functional groups attached to an aromatic ring is 1. The van der Waals surface area contributed by atoms with Crippen molar-refractivity contribution >= 4 is 134 Å². The van der Waals surface area contributed by atoms with Crippen LogP contribution in [0.4, 0.5) is 69.3 Å². The molecule has 358 valence electrons. The average molecular weight is 1050 g/mol. The van der Waals surface area contributed by atoms with Crippen molar-refractivity contribution in [3.63, 3.8) is 0 Å². The maximum atomic E-state index is 11.4. The third-order valence-corrected chi connectivity index (χ3v) is 11.9. The minimum Gasteiger partial charge on any atom is -0.505 e. The number of nitrogens with two attached hydrogens (primary N) is 1. The van der Waals surface area contributed by atoms with Gasteiger partial charge in [-0.1, -0.05) is 30.3 Å². The molecule has 11 N–H and O–H groups in total. The normalized spacial score (nSPS) is 11.7. The third kappa shape index (κ3) is 12.9. The smallest absolute Gasteiger partial charge is 0.294 e. The predicted molar refractivity (Wildman–Crippen MR) is 257 cm³/mol. The Hall–Kier alpha value is -8.09. The number of anilines is 9. The highest BCUT2D eigenvalue weighted by molar-refractivity contribution is 7.86. The Kier molecular flexibility index (Phi) is 14.7. The van der Waals surface area contributed by atoms with E-state index < -0.39 is 30.4 Å². The van der Waals surface area contributed by atoms with Crippen molar-refractivity contribution in [3.05, 3.63) is 132 Å². The molecule has 0 saturated carbocycles. The van der Waals surface area contributed by atoms with E-state index in [9.17, 15) is 34.9 Å². The molecule has 25 nitrogen and oxygen atoms in total. The molecule has 0 spiro atoms. The van der Waals surface area contributed by atoms with Crippen molar-refractivity contribution in [1.29, 1.82) is 5.53 Å². The lowest BCUT2D eigenvalue weighted by atomic mass is 10.1. The van der Waals surface area contributed by atoms with Crippen LogP contribution >= 0.6 is 23.2 Å². The number of hydrogen-bond donors (Lipinski definition) is 10. The van der Waals surface area contributed by atoms with Gasteiger partial charge >= 0.3 is 0 Å². The Balaban J connectivity index is 0.000000219. The topological polar surface area (TPSA) is 396 Å². The fourth-order valence-electron chi connectivity index (χ4n) is 5.95. The Bertz CT molecular complexity index is 3600. The van der Waals surface area contributed by atoms with Gasteiger partial charge in [0.2, 0.25) is 34.4 Å². The van der Waals surface area contributed by atoms with Crippen molar-refractivity contribution in [2.45, 2.75) is 14.7 Å². The van der Waals surface area contributed by atoms with E-state index in [2.05, 4.69) is 66.5 Å². The number of aromatic nitrogens is 6. The molecule has 70 heavy (non-hydrogen) atoms. The van der Waals surface area contributed by atoms with E-state index in [1.54, 1.807) is 48.5 Å². The molecule has 0 amide bonds. The minimum atomic E-state index is -4.39. The number of rotatable bonds is 14. The molecule has 6 aromatic carbocycles. The number of hydrogen-bond acceptors (Lipinski definition) is 22. The van der Waals surface area contributed by atoms with Gasteiger partial charge in [-0.25, -0.2) is 5.53 Å². The highest BCUT2D eigenvalue weighted by Crippen LogP contribution is 2.42. The van der Waals surface area contributed by atoms with Crippen molar-refractivity contribution in [3.8, 4) is 5.75 Å². The summed E-state index contributed by atoms with van der Waals surface area (Å²) >= 11 is 11.9. The first-order valence-electron chi connectivity index (χ1n) is 19.2. The minimum absolute atomic E-state index is 0.0351. The Morgan fingerprint density at radius 1 is 0.500 bits per heavy atom. The molecule has 2 aromatic heterocycles. The molecule has 0 fully saturated rings. The number of nitrogens with zero attached hydrogens (tertiary/aromatic N) is 9. The molecule has 0 aliphatic carbocycles. The number of azo groups is 1. The molecule has 2 heterocycles. The van der Waals surface area contributed by atoms with E-state index in [1.807, 2.05) is 0 Å². The van der Waals surface area contributed by atoms with Crippen LogP contribution in [0, 0.1) is 5.53 Å². The highest BCUT2D eigenvalue weighted by Gasteiger charge is 2.16. The monoisotopic (exact) mass is 1050 g/mol. The van der Waals surface area contributed by atoms with E-state index >= 15 is 0 Å². The van der Waals surface area contributed by atoms with Gasteiger partial charge in [0.05, 0.1) is 31.4 Å². The molecule has 0 saturated heterocycles. The van der Waals surface area contributed by atoms with Crippen LogP contribution in [0.1, 0.15) is 0 Å². The first-order valence-corrected chi connectivity index (χ1v) is 24.3. The van der Waals surface area contributed by atoms with Crippen LogP contribution in [-0.2, 0) is 30.4 Å². The number of aromatic hydroxyl groups is 1. The summed E-state index contributed by atoms with van der Waals surface area (Å²) in [7, 11) is -13.2. The number of fused-ring (bicyclic) bond motifs is 1. The fourth-order valence-corrected chi connectivity index (χ4v) is 7.85. The molecule has 0 aliphatic heterocycles. The van der Waals surface area contributed by atoms with Gasteiger partial charge in [-0.3, -0.25) is 13.7 Å². The maximum Gasteiger partial charge on any atom is 0.294 e. The van der Waals surface area contributed by atoms with Gasteiger partial charge in [0.25, 0.3) is 30.4 Å². The molecule has 8 aromatic rings. The summed E-state index contributed by atoms with van der Waals surface area (Å²) < 4.78 is 95.3. The van der Waals surface area contributed by atoms with Crippen LogP contribution < -0.4 is 27.0 Å². The van der Waals surface area contributed by atoms with E-state index in [4.69, 9.17) is 43.6 Å². The van der Waals surface area contributed by atoms with E-state index in [0.717, 1.165) is 12.1 Å². The standard InChI is InChI=1S/C25H19ClN10O4S.C15H12ClN5O6S2/c26-23-31-24(33-25(32-23)30-16-2-1-3-17(12-16)41(38,39)40)29-14-6-8-15(9-7-14)35-36-18-10-4-13-5-11-19(34-28)22(37)20(13)21(18)27;16-13-19-14(17-9-3-1-5-11(7-9)28(22,23)24)21-15(20-13)18-10-4-2-6-12(8-10)29(25,26)27/h1-12,28,37H,27H2,(H,38,39,40)(H2,29,30,31,32,33);1-8H,(H,22,23,24)(H,25,26,27)(H2,17,18,19,20,21). The van der Waals surface area contributed by atoms with E-state index in [0.29, 0.717) is 33.5 Å². The molecule has 0 radical (unpaired) electrons. The predicted octanol–water partition coefficient (Wildman–Crippen LogP) is 9.28. The number of phenolic OH excluding ortho intramolecular Hbond substituents is 1. The molecule has 8 rings (SSSR count). The summed E-state index contributed by atoms with van der Waals surface area (Å²) in [5, 5.41) is 34.0. The lowest BCUT2D eigenvalue weighted by Crippen LogP contribution is -2.05. The second kappa shape index (κ2) is 20.6. The van der Waals surface area contributed by atoms with Crippen molar-refractivity contribution in [2.75, 3.05) is 27.0 Å². The zero-order valence-electron chi connectivity index (χ0n) is 34.9. The molecule has 0 bridgehead atoms. The van der Waals surface area contributed by atoms with Gasteiger partial charge in [0, 0.05) is 22.7 Å². The van der Waals surface area contributed by atoms with Gasteiger partial charge in [-0.2, -0.15) is 65.4 Å². The summed E-state index contributed by atoms with van der Waals surface area (Å²) in [5.74, 6) is -0.161. The summed E-state index contributed by atoms with van der Waals surface area (Å²) in [6, 6.07) is 29.4. The maximum absolute atomic E-state index is 11.4. The van der Waals surface area contributed by atoms with Crippen LogP contribution in [0.2, 0.25) is 10.6 Å². The van der Waals surface area contributed by atoms with Crippen molar-refractivity contribution in [1.82, 2.24) is 29.9 Å². The first kappa shape index (κ1) is 49.8. The summed E-state index contributed by atoms with van der Waals surface area (Å²) in [5.41, 5.74) is 15.9. The highest BCUT2D eigenvalue weighted by atomic mass is 35.5. The SMILES string of the molecule is N=Nc1ccc2ccc(N=Nc3ccc(Nc4nc(Cl)nc(Nc5cccc(S(=O)(=O)O)c5)n4)cc3)c(N)c2c1O.O=S(=O)(O)c1cccc(Nc2nc(Cl)nc(Nc3cccc(S(=O)(=O)O)c3)n2)c1. The molecule has 30 heteroatoms. The van der Waals surface area contributed by atoms with Gasteiger partial charge in [0.1, 0.15) is 11.4 Å². The number of nitrogens with one attached hydrogen (secondary N) is 5. The zero-order valence-corrected chi connectivity index (χ0v) is 38.8. The molecule has 0 atom stereocenters.